The predicted molar refractivity (Wildman–Crippen MR) is 151 cm³/mol. The third kappa shape index (κ3) is 5.05. The van der Waals surface area contributed by atoms with Crippen LogP contribution in [0.1, 0.15) is 30.5 Å². The minimum Gasteiger partial charge on any atom is -0.508 e. The van der Waals surface area contributed by atoms with Crippen LogP contribution in [-0.4, -0.2) is 53.2 Å². The maximum atomic E-state index is 13.1. The summed E-state index contributed by atoms with van der Waals surface area (Å²) >= 11 is 0. The number of allylic oxidation sites excluding steroid dienone is 1. The van der Waals surface area contributed by atoms with Crippen LogP contribution in [0.15, 0.2) is 90.1 Å². The summed E-state index contributed by atoms with van der Waals surface area (Å²) in [4.78, 5) is 32.0. The van der Waals surface area contributed by atoms with E-state index >= 15 is 0 Å². The molecule has 6 rings (SSSR count). The molecule has 1 aromatic heterocycles. The van der Waals surface area contributed by atoms with E-state index in [-0.39, 0.29) is 41.4 Å². The number of carbonyl (C=O) groups is 2. The number of benzene rings is 2. The Balaban J connectivity index is 1.30. The Kier molecular flexibility index (Phi) is 7.22. The van der Waals surface area contributed by atoms with Gasteiger partial charge in [-0.25, -0.2) is 0 Å². The molecule has 2 aliphatic heterocycles. The lowest BCUT2D eigenvalue weighted by molar-refractivity contribution is -0.138. The van der Waals surface area contributed by atoms with Gasteiger partial charge in [0.2, 0.25) is 11.8 Å². The zero-order chi connectivity index (χ0) is 27.6. The minimum absolute atomic E-state index is 0.109. The first-order valence-corrected chi connectivity index (χ1v) is 13.7. The van der Waals surface area contributed by atoms with Gasteiger partial charge >= 0.3 is 0 Å². The topological polar surface area (TPSA) is 89.0 Å². The lowest BCUT2D eigenvalue weighted by Crippen LogP contribution is -2.35. The summed E-state index contributed by atoms with van der Waals surface area (Å²) in [6, 6.07) is 22.6. The number of aromatic nitrogens is 1. The van der Waals surface area contributed by atoms with E-state index in [0.717, 1.165) is 33.7 Å². The Morgan fingerprint density at radius 3 is 2.65 bits per heavy atom. The van der Waals surface area contributed by atoms with E-state index in [4.69, 9.17) is 9.47 Å². The SMILES string of the molecule is CN1C(=O)[C@@H]2[C@@H](CC(COc3ccccc3)=C3[C@@H](CC/C(=C/c4cccc(O)c4)c4ccccn4)OC[C@@H]32)C1=O. The van der Waals surface area contributed by atoms with Gasteiger partial charge < -0.3 is 14.6 Å². The molecular formula is C33H32N2O5. The normalized spacial score (nSPS) is 24.3. The van der Waals surface area contributed by atoms with Crippen LogP contribution in [0.5, 0.6) is 11.5 Å². The molecule has 204 valence electrons. The number of fused-ring (bicyclic) bond motifs is 3. The molecule has 7 nitrogen and oxygen atoms in total. The minimum atomic E-state index is -0.379. The van der Waals surface area contributed by atoms with Crippen molar-refractivity contribution in [3.05, 3.63) is 101 Å². The van der Waals surface area contributed by atoms with Crippen molar-refractivity contribution < 1.29 is 24.2 Å². The van der Waals surface area contributed by atoms with Gasteiger partial charge in [-0.3, -0.25) is 19.5 Å². The first-order valence-electron chi connectivity index (χ1n) is 13.7. The highest BCUT2D eigenvalue weighted by molar-refractivity contribution is 6.05. The van der Waals surface area contributed by atoms with Crippen LogP contribution in [0, 0.1) is 17.8 Å². The van der Waals surface area contributed by atoms with Crippen LogP contribution in [0.4, 0.5) is 0 Å². The number of phenolic OH excluding ortho intramolecular Hbond substituents is 1. The van der Waals surface area contributed by atoms with Gasteiger partial charge in [0.1, 0.15) is 18.1 Å². The number of nitrogens with zero attached hydrogens (tertiary/aromatic N) is 2. The number of pyridine rings is 1. The molecule has 2 saturated heterocycles. The molecular weight excluding hydrogens is 504 g/mol. The molecule has 2 fully saturated rings. The first kappa shape index (κ1) is 26.0. The molecule has 7 heteroatoms. The van der Waals surface area contributed by atoms with Crippen molar-refractivity contribution in [2.45, 2.75) is 25.4 Å². The van der Waals surface area contributed by atoms with Gasteiger partial charge in [0.05, 0.1) is 30.2 Å². The van der Waals surface area contributed by atoms with Gasteiger partial charge in [-0.1, -0.05) is 36.4 Å². The number of hydrogen-bond donors (Lipinski definition) is 1. The van der Waals surface area contributed by atoms with Crippen molar-refractivity contribution in [1.82, 2.24) is 9.88 Å². The summed E-state index contributed by atoms with van der Waals surface area (Å²) in [5, 5.41) is 9.99. The fraction of sp³-hybridized carbons (Fsp3) is 0.303. The van der Waals surface area contributed by atoms with Crippen LogP contribution in [-0.2, 0) is 14.3 Å². The average Bonchev–Trinajstić information content (AvgIpc) is 3.50. The fourth-order valence-electron chi connectivity index (χ4n) is 6.38. The Morgan fingerprint density at radius 2 is 1.88 bits per heavy atom. The Hall–Kier alpha value is -4.23. The van der Waals surface area contributed by atoms with Crippen molar-refractivity contribution in [2.75, 3.05) is 20.3 Å². The van der Waals surface area contributed by atoms with Crippen LogP contribution >= 0.6 is 0 Å². The van der Waals surface area contributed by atoms with Crippen LogP contribution in [0.3, 0.4) is 0 Å². The molecule has 1 aliphatic carbocycles. The Morgan fingerprint density at radius 1 is 1.05 bits per heavy atom. The first-order chi connectivity index (χ1) is 19.5. The average molecular weight is 537 g/mol. The summed E-state index contributed by atoms with van der Waals surface area (Å²) in [6.07, 6.45) is 5.51. The molecule has 2 amide bonds. The monoisotopic (exact) mass is 536 g/mol. The number of para-hydroxylation sites is 1. The Bertz CT molecular complexity index is 1470. The Labute approximate surface area is 233 Å². The molecule has 0 saturated carbocycles. The highest BCUT2D eigenvalue weighted by atomic mass is 16.5. The number of imide groups is 1. The van der Waals surface area contributed by atoms with E-state index in [2.05, 4.69) is 4.98 Å². The predicted octanol–water partition coefficient (Wildman–Crippen LogP) is 5.13. The second-order valence-corrected chi connectivity index (χ2v) is 10.7. The number of carbonyl (C=O) groups excluding carboxylic acids is 2. The van der Waals surface area contributed by atoms with E-state index in [1.165, 1.54) is 4.90 Å². The third-order valence-corrected chi connectivity index (χ3v) is 8.27. The molecule has 4 atom stereocenters. The number of rotatable bonds is 8. The number of ether oxygens (including phenoxy) is 2. The second kappa shape index (κ2) is 11.1. The maximum absolute atomic E-state index is 13.1. The zero-order valence-corrected chi connectivity index (χ0v) is 22.4. The number of hydrogen-bond acceptors (Lipinski definition) is 6. The number of likely N-dealkylation sites (tertiary alicyclic amines) is 1. The standard InChI is InChI=1S/C33H32N2O5/c1-35-32(37)26-18-23(19-39-25-10-3-2-4-11-25)30-27(31(26)33(35)38)20-40-29(30)14-13-22(28-12-5-6-15-34-28)16-21-8-7-9-24(36)17-21/h2-12,15-17,26-27,29,31,36H,13-14,18-20H2,1H3/b22-16-/t26-,27+,29-,31-/m1/s1. The molecule has 0 radical (unpaired) electrons. The molecule has 0 unspecified atom stereocenters. The van der Waals surface area contributed by atoms with E-state index in [9.17, 15) is 14.7 Å². The molecule has 2 aromatic carbocycles. The molecule has 0 bridgehead atoms. The molecule has 0 spiro atoms. The van der Waals surface area contributed by atoms with Gasteiger partial charge in [-0.05, 0) is 84.0 Å². The summed E-state index contributed by atoms with van der Waals surface area (Å²) in [7, 11) is 1.58. The maximum Gasteiger partial charge on any atom is 0.233 e. The van der Waals surface area contributed by atoms with Crippen molar-refractivity contribution in [3.8, 4) is 11.5 Å². The molecule has 1 N–H and O–H groups in total. The highest BCUT2D eigenvalue weighted by Gasteiger charge is 2.56. The van der Waals surface area contributed by atoms with Gasteiger partial charge in [0, 0.05) is 19.2 Å². The zero-order valence-electron chi connectivity index (χ0n) is 22.4. The molecule has 40 heavy (non-hydrogen) atoms. The summed E-state index contributed by atoms with van der Waals surface area (Å²) < 4.78 is 12.5. The van der Waals surface area contributed by atoms with Gasteiger partial charge in [0.15, 0.2) is 0 Å². The molecule has 3 aromatic rings. The van der Waals surface area contributed by atoms with Gasteiger partial charge in [0.25, 0.3) is 0 Å². The number of amides is 2. The van der Waals surface area contributed by atoms with E-state index in [1.807, 2.05) is 66.7 Å². The van der Waals surface area contributed by atoms with Crippen LogP contribution in [0.2, 0.25) is 0 Å². The largest absolute Gasteiger partial charge is 0.508 e. The summed E-state index contributed by atoms with van der Waals surface area (Å²) in [5.41, 5.74) is 4.96. The van der Waals surface area contributed by atoms with Crippen molar-refractivity contribution in [1.29, 1.82) is 0 Å². The third-order valence-electron chi connectivity index (χ3n) is 8.27. The van der Waals surface area contributed by atoms with E-state index in [0.29, 0.717) is 32.5 Å². The van der Waals surface area contributed by atoms with E-state index in [1.54, 1.807) is 25.4 Å². The summed E-state index contributed by atoms with van der Waals surface area (Å²) in [6.45, 7) is 0.772. The van der Waals surface area contributed by atoms with Crippen molar-refractivity contribution in [2.24, 2.45) is 17.8 Å². The van der Waals surface area contributed by atoms with Gasteiger partial charge in [-0.2, -0.15) is 0 Å². The fourth-order valence-corrected chi connectivity index (χ4v) is 6.38. The van der Waals surface area contributed by atoms with E-state index < -0.39 is 0 Å². The lowest BCUT2D eigenvalue weighted by atomic mass is 9.69. The van der Waals surface area contributed by atoms with Crippen molar-refractivity contribution in [3.63, 3.8) is 0 Å². The molecule has 3 aliphatic rings. The number of phenols is 1. The van der Waals surface area contributed by atoms with Crippen LogP contribution in [0.25, 0.3) is 11.6 Å². The lowest BCUT2D eigenvalue weighted by Gasteiger charge is -2.31. The molecule has 3 heterocycles. The highest BCUT2D eigenvalue weighted by Crippen LogP contribution is 2.49. The second-order valence-electron chi connectivity index (χ2n) is 10.7. The quantitative estimate of drug-likeness (QED) is 0.317. The van der Waals surface area contributed by atoms with Crippen molar-refractivity contribution >= 4 is 23.5 Å². The summed E-state index contributed by atoms with van der Waals surface area (Å²) in [5.74, 6) is -0.116. The van der Waals surface area contributed by atoms with Crippen LogP contribution < -0.4 is 4.74 Å². The number of aromatic hydroxyl groups is 1. The van der Waals surface area contributed by atoms with Gasteiger partial charge in [-0.15, -0.1) is 0 Å². The smallest absolute Gasteiger partial charge is 0.233 e.